The first kappa shape index (κ1) is 12.7. The van der Waals surface area contributed by atoms with Crippen molar-refractivity contribution in [2.45, 2.75) is 19.4 Å². The standard InChI is InChI=1S/C8H12N4O2S3/c1-5-11-12-8(16-5)10-7(15)9-6-2-3-17(13,14)4-6/h6H,2-4H2,1H3,(H2,9,10,12,15)/t6-/m1/s1. The van der Waals surface area contributed by atoms with Gasteiger partial charge in [0.15, 0.2) is 14.9 Å². The average Bonchev–Trinajstić information content (AvgIpc) is 2.73. The molecule has 6 nitrogen and oxygen atoms in total. The number of hydrogen-bond acceptors (Lipinski definition) is 6. The van der Waals surface area contributed by atoms with Gasteiger partial charge in [-0.05, 0) is 25.6 Å². The van der Waals surface area contributed by atoms with Crippen LogP contribution in [0.5, 0.6) is 0 Å². The van der Waals surface area contributed by atoms with E-state index in [9.17, 15) is 8.42 Å². The summed E-state index contributed by atoms with van der Waals surface area (Å²) in [5.74, 6) is 0.370. The highest BCUT2D eigenvalue weighted by Crippen LogP contribution is 2.14. The Kier molecular flexibility index (Phi) is 3.59. The fourth-order valence-electron chi connectivity index (χ4n) is 1.57. The molecule has 0 bridgehead atoms. The van der Waals surface area contributed by atoms with Crippen molar-refractivity contribution in [1.82, 2.24) is 15.5 Å². The minimum Gasteiger partial charge on any atom is -0.359 e. The topological polar surface area (TPSA) is 84.0 Å². The number of aromatic nitrogens is 2. The fraction of sp³-hybridized carbons (Fsp3) is 0.625. The first-order chi connectivity index (χ1) is 7.94. The van der Waals surface area contributed by atoms with Gasteiger partial charge in [0.1, 0.15) is 5.01 Å². The van der Waals surface area contributed by atoms with E-state index >= 15 is 0 Å². The molecule has 0 saturated carbocycles. The molecule has 0 amide bonds. The van der Waals surface area contributed by atoms with E-state index < -0.39 is 9.84 Å². The van der Waals surface area contributed by atoms with Crippen LogP contribution in [0.25, 0.3) is 0 Å². The van der Waals surface area contributed by atoms with Gasteiger partial charge in [0, 0.05) is 6.04 Å². The molecule has 1 aliphatic heterocycles. The van der Waals surface area contributed by atoms with Crippen LogP contribution in [-0.4, -0.2) is 41.3 Å². The zero-order valence-corrected chi connectivity index (χ0v) is 11.6. The Morgan fingerprint density at radius 1 is 1.53 bits per heavy atom. The molecule has 0 radical (unpaired) electrons. The van der Waals surface area contributed by atoms with Gasteiger partial charge in [0.25, 0.3) is 0 Å². The van der Waals surface area contributed by atoms with Crippen molar-refractivity contribution in [1.29, 1.82) is 0 Å². The Morgan fingerprint density at radius 2 is 2.29 bits per heavy atom. The van der Waals surface area contributed by atoms with E-state index in [0.717, 1.165) is 5.01 Å². The highest BCUT2D eigenvalue weighted by atomic mass is 32.2. The second-order valence-corrected chi connectivity index (χ2v) is 7.64. The minimum atomic E-state index is -2.89. The highest BCUT2D eigenvalue weighted by Gasteiger charge is 2.28. The lowest BCUT2D eigenvalue weighted by atomic mass is 10.3. The van der Waals surface area contributed by atoms with E-state index in [-0.39, 0.29) is 17.5 Å². The number of aryl methyl sites for hydroxylation is 1. The molecule has 2 rings (SSSR count). The molecule has 9 heteroatoms. The van der Waals surface area contributed by atoms with Crippen LogP contribution in [-0.2, 0) is 9.84 Å². The maximum absolute atomic E-state index is 11.3. The maximum atomic E-state index is 11.3. The van der Waals surface area contributed by atoms with Crippen LogP contribution in [0.2, 0.25) is 0 Å². The summed E-state index contributed by atoms with van der Waals surface area (Å²) in [4.78, 5) is 0. The van der Waals surface area contributed by atoms with Crippen LogP contribution in [0, 0.1) is 6.92 Å². The average molecular weight is 292 g/mol. The van der Waals surface area contributed by atoms with Gasteiger partial charge in [-0.3, -0.25) is 0 Å². The SMILES string of the molecule is Cc1nnc(NC(=S)N[C@@H]2CCS(=O)(=O)C2)s1. The molecule has 0 aliphatic carbocycles. The molecule has 2 heterocycles. The largest absolute Gasteiger partial charge is 0.359 e. The molecule has 1 saturated heterocycles. The van der Waals surface area contributed by atoms with Gasteiger partial charge in [-0.25, -0.2) is 8.42 Å². The zero-order valence-electron chi connectivity index (χ0n) is 9.13. The smallest absolute Gasteiger partial charge is 0.211 e. The summed E-state index contributed by atoms with van der Waals surface area (Å²) in [6, 6.07) is -0.103. The summed E-state index contributed by atoms with van der Waals surface area (Å²) in [6.07, 6.45) is 0.597. The Morgan fingerprint density at radius 3 is 2.82 bits per heavy atom. The molecule has 1 atom stereocenters. The van der Waals surface area contributed by atoms with Crippen LogP contribution < -0.4 is 10.6 Å². The summed E-state index contributed by atoms with van der Waals surface area (Å²) in [7, 11) is -2.89. The molecule has 1 aromatic rings. The maximum Gasteiger partial charge on any atom is 0.211 e. The third-order valence-electron chi connectivity index (χ3n) is 2.31. The summed E-state index contributed by atoms with van der Waals surface area (Å²) < 4.78 is 22.5. The van der Waals surface area contributed by atoms with Crippen molar-refractivity contribution in [2.24, 2.45) is 0 Å². The van der Waals surface area contributed by atoms with Gasteiger partial charge in [-0.15, -0.1) is 10.2 Å². The number of sulfone groups is 1. The van der Waals surface area contributed by atoms with Crippen LogP contribution in [0.15, 0.2) is 0 Å². The minimum absolute atomic E-state index is 0.103. The molecule has 0 spiro atoms. The number of anilines is 1. The van der Waals surface area contributed by atoms with Gasteiger partial charge < -0.3 is 10.6 Å². The molecule has 1 aliphatic rings. The van der Waals surface area contributed by atoms with Gasteiger partial charge in [0.2, 0.25) is 5.13 Å². The number of thiocarbonyl (C=S) groups is 1. The number of hydrogen-bond donors (Lipinski definition) is 2. The molecule has 0 aromatic carbocycles. The predicted octanol–water partition coefficient (Wildman–Crippen LogP) is 0.320. The van der Waals surface area contributed by atoms with Gasteiger partial charge in [0.05, 0.1) is 11.5 Å². The van der Waals surface area contributed by atoms with E-state index in [2.05, 4.69) is 20.8 Å². The van der Waals surface area contributed by atoms with Crippen LogP contribution in [0.3, 0.4) is 0 Å². The van der Waals surface area contributed by atoms with Gasteiger partial charge in [-0.1, -0.05) is 11.3 Å². The summed E-state index contributed by atoms with van der Waals surface area (Å²) in [5.41, 5.74) is 0. The van der Waals surface area contributed by atoms with Crippen molar-refractivity contribution in [3.8, 4) is 0 Å². The monoisotopic (exact) mass is 292 g/mol. The molecule has 94 valence electrons. The van der Waals surface area contributed by atoms with Crippen LogP contribution in [0.4, 0.5) is 5.13 Å². The second-order valence-electron chi connectivity index (χ2n) is 3.82. The number of nitrogens with zero attached hydrogens (tertiary/aromatic N) is 2. The molecule has 1 aromatic heterocycles. The van der Waals surface area contributed by atoms with Gasteiger partial charge in [-0.2, -0.15) is 0 Å². The lowest BCUT2D eigenvalue weighted by Crippen LogP contribution is -2.38. The second kappa shape index (κ2) is 4.83. The Labute approximate surface area is 109 Å². The molecular formula is C8H12N4O2S3. The van der Waals surface area contributed by atoms with Crippen molar-refractivity contribution in [3.63, 3.8) is 0 Å². The normalized spacial score (nSPS) is 22.3. The van der Waals surface area contributed by atoms with E-state index in [1.165, 1.54) is 11.3 Å². The molecule has 17 heavy (non-hydrogen) atoms. The third-order valence-corrected chi connectivity index (χ3v) is 5.06. The Hall–Kier alpha value is -0.800. The van der Waals surface area contributed by atoms with Crippen molar-refractivity contribution in [2.75, 3.05) is 16.8 Å². The first-order valence-electron chi connectivity index (χ1n) is 5.03. The molecule has 1 fully saturated rings. The van der Waals surface area contributed by atoms with Crippen molar-refractivity contribution < 1.29 is 8.42 Å². The van der Waals surface area contributed by atoms with Crippen LogP contribution >= 0.6 is 23.6 Å². The number of rotatable bonds is 2. The van der Waals surface area contributed by atoms with Crippen molar-refractivity contribution >= 4 is 43.6 Å². The van der Waals surface area contributed by atoms with Crippen molar-refractivity contribution in [3.05, 3.63) is 5.01 Å². The summed E-state index contributed by atoms with van der Waals surface area (Å²) >= 11 is 6.47. The third kappa shape index (κ3) is 3.58. The first-order valence-corrected chi connectivity index (χ1v) is 8.07. The fourth-order valence-corrected chi connectivity index (χ4v) is 4.17. The van der Waals surface area contributed by atoms with E-state index in [0.29, 0.717) is 16.7 Å². The lowest BCUT2D eigenvalue weighted by molar-refractivity contribution is 0.600. The summed E-state index contributed by atoms with van der Waals surface area (Å²) in [6.45, 7) is 1.85. The molecule has 0 unspecified atom stereocenters. The Bertz CT molecular complexity index is 525. The zero-order chi connectivity index (χ0) is 12.5. The summed E-state index contributed by atoms with van der Waals surface area (Å²) in [5, 5.41) is 15.4. The lowest BCUT2D eigenvalue weighted by Gasteiger charge is -2.12. The highest BCUT2D eigenvalue weighted by molar-refractivity contribution is 7.91. The van der Waals surface area contributed by atoms with E-state index in [1.54, 1.807) is 0 Å². The predicted molar refractivity (Wildman–Crippen MR) is 71.1 cm³/mol. The Balaban J connectivity index is 1.86. The van der Waals surface area contributed by atoms with E-state index in [4.69, 9.17) is 12.2 Å². The molecular weight excluding hydrogens is 280 g/mol. The van der Waals surface area contributed by atoms with E-state index in [1.807, 2.05) is 6.92 Å². The number of nitrogens with one attached hydrogen (secondary N) is 2. The quantitative estimate of drug-likeness (QED) is 0.759. The van der Waals surface area contributed by atoms with Crippen LogP contribution in [0.1, 0.15) is 11.4 Å². The molecule has 2 N–H and O–H groups in total. The van der Waals surface area contributed by atoms with Gasteiger partial charge >= 0.3 is 0 Å².